The van der Waals surface area contributed by atoms with Gasteiger partial charge in [0.15, 0.2) is 12.0 Å². The van der Waals surface area contributed by atoms with Crippen LogP contribution in [0.1, 0.15) is 18.7 Å². The highest BCUT2D eigenvalue weighted by Crippen LogP contribution is 2.26. The number of ether oxygens (including phenoxy) is 1. The Morgan fingerprint density at radius 2 is 2.58 bits per heavy atom. The lowest BCUT2D eigenvalue weighted by molar-refractivity contribution is 0.174. The number of nitriles is 1. The number of aromatic nitrogens is 2. The number of rotatable bonds is 3. The molecule has 2 rings (SSSR count). The maximum absolute atomic E-state index is 11.4. The van der Waals surface area contributed by atoms with E-state index in [1.54, 1.807) is 15.6 Å². The smallest absolute Gasteiger partial charge is 0.413 e. The summed E-state index contributed by atoms with van der Waals surface area (Å²) < 4.78 is 6.61. The van der Waals surface area contributed by atoms with Crippen LogP contribution in [-0.4, -0.2) is 33.9 Å². The molecule has 100 valence electrons. The van der Waals surface area contributed by atoms with Crippen molar-refractivity contribution in [1.82, 2.24) is 14.7 Å². The van der Waals surface area contributed by atoms with E-state index in [1.165, 1.54) is 6.08 Å². The molecule has 0 saturated carbocycles. The lowest BCUT2D eigenvalue weighted by atomic mass is 10.1. The zero-order chi connectivity index (χ0) is 13.8. The molecule has 1 aliphatic rings. The third-order valence-electron chi connectivity index (χ3n) is 2.95. The average molecular weight is 261 g/mol. The first-order valence-electron chi connectivity index (χ1n) is 5.94. The first kappa shape index (κ1) is 13.0. The van der Waals surface area contributed by atoms with Crippen LogP contribution in [0.2, 0.25) is 0 Å². The van der Waals surface area contributed by atoms with E-state index in [0.29, 0.717) is 18.9 Å². The second-order valence-electron chi connectivity index (χ2n) is 4.16. The Labute approximate surface area is 111 Å². The highest BCUT2D eigenvalue weighted by molar-refractivity contribution is 5.83. The number of anilines is 1. The van der Waals surface area contributed by atoms with Crippen molar-refractivity contribution in [3.05, 3.63) is 24.4 Å². The molecular weight excluding hydrogens is 246 g/mol. The van der Waals surface area contributed by atoms with Gasteiger partial charge in [-0.2, -0.15) is 10.4 Å². The lowest BCUT2D eigenvalue weighted by Gasteiger charge is -2.28. The van der Waals surface area contributed by atoms with Gasteiger partial charge in [0, 0.05) is 12.6 Å². The van der Waals surface area contributed by atoms with Crippen molar-refractivity contribution in [3.63, 3.8) is 0 Å². The number of amides is 1. The number of hydrogen-bond donors (Lipinski definition) is 1. The second-order valence-corrected chi connectivity index (χ2v) is 4.16. The van der Waals surface area contributed by atoms with E-state index in [9.17, 15) is 4.79 Å². The van der Waals surface area contributed by atoms with Crippen molar-refractivity contribution in [2.75, 3.05) is 18.5 Å². The molecule has 1 unspecified atom stereocenters. The van der Waals surface area contributed by atoms with E-state index < -0.39 is 6.09 Å². The predicted molar refractivity (Wildman–Crippen MR) is 68.1 cm³/mol. The van der Waals surface area contributed by atoms with Gasteiger partial charge in [-0.25, -0.2) is 4.79 Å². The minimum atomic E-state index is -0.569. The van der Waals surface area contributed by atoms with E-state index in [2.05, 4.69) is 23.2 Å². The SMILES string of the molecule is C=CCOC(=O)Nc1cc2n(n1)CCN(C#N)C2C. The van der Waals surface area contributed by atoms with Gasteiger partial charge in [-0.1, -0.05) is 12.7 Å². The van der Waals surface area contributed by atoms with Crippen LogP contribution in [0.5, 0.6) is 0 Å². The molecule has 1 aromatic rings. The van der Waals surface area contributed by atoms with Crippen molar-refractivity contribution >= 4 is 11.9 Å². The molecule has 1 N–H and O–H groups in total. The molecule has 0 spiro atoms. The highest BCUT2D eigenvalue weighted by Gasteiger charge is 2.25. The fourth-order valence-corrected chi connectivity index (χ4v) is 1.98. The number of hydrogen-bond acceptors (Lipinski definition) is 5. The summed E-state index contributed by atoms with van der Waals surface area (Å²) in [5, 5.41) is 15.8. The maximum Gasteiger partial charge on any atom is 0.413 e. The van der Waals surface area contributed by atoms with Crippen molar-refractivity contribution < 1.29 is 9.53 Å². The Morgan fingerprint density at radius 3 is 3.26 bits per heavy atom. The van der Waals surface area contributed by atoms with Gasteiger partial charge in [-0.05, 0) is 6.92 Å². The van der Waals surface area contributed by atoms with Gasteiger partial charge in [0.25, 0.3) is 0 Å². The van der Waals surface area contributed by atoms with Crippen LogP contribution < -0.4 is 5.32 Å². The van der Waals surface area contributed by atoms with Crippen LogP contribution in [-0.2, 0) is 11.3 Å². The number of nitrogens with one attached hydrogen (secondary N) is 1. The van der Waals surface area contributed by atoms with Crippen molar-refractivity contribution in [1.29, 1.82) is 5.26 Å². The summed E-state index contributed by atoms with van der Waals surface area (Å²) in [6, 6.07) is 1.70. The van der Waals surface area contributed by atoms with Crippen molar-refractivity contribution in [2.24, 2.45) is 0 Å². The Hall–Kier alpha value is -2.49. The molecule has 1 aliphatic heterocycles. The average Bonchev–Trinajstić information content (AvgIpc) is 2.80. The van der Waals surface area contributed by atoms with Crippen LogP contribution in [0, 0.1) is 11.5 Å². The lowest BCUT2D eigenvalue weighted by Crippen LogP contribution is -2.33. The molecule has 1 aromatic heterocycles. The van der Waals surface area contributed by atoms with E-state index in [-0.39, 0.29) is 12.6 Å². The van der Waals surface area contributed by atoms with Gasteiger partial charge in [0.2, 0.25) is 0 Å². The quantitative estimate of drug-likeness (QED) is 0.658. The van der Waals surface area contributed by atoms with Crippen LogP contribution in [0.25, 0.3) is 0 Å². The third-order valence-corrected chi connectivity index (χ3v) is 2.95. The van der Waals surface area contributed by atoms with Gasteiger partial charge >= 0.3 is 6.09 Å². The van der Waals surface area contributed by atoms with Crippen LogP contribution in [0.15, 0.2) is 18.7 Å². The highest BCUT2D eigenvalue weighted by atomic mass is 16.5. The number of fused-ring (bicyclic) bond motifs is 1. The number of carbonyl (C=O) groups excluding carboxylic acids is 1. The minimum Gasteiger partial charge on any atom is -0.445 e. The van der Waals surface area contributed by atoms with Gasteiger partial charge < -0.3 is 9.64 Å². The summed E-state index contributed by atoms with van der Waals surface area (Å²) in [7, 11) is 0. The summed E-state index contributed by atoms with van der Waals surface area (Å²) in [6.45, 7) is 6.78. The zero-order valence-corrected chi connectivity index (χ0v) is 10.7. The minimum absolute atomic E-state index is 0.0500. The Balaban J connectivity index is 2.08. The van der Waals surface area contributed by atoms with E-state index >= 15 is 0 Å². The molecule has 7 heteroatoms. The Morgan fingerprint density at radius 1 is 1.79 bits per heavy atom. The van der Waals surface area contributed by atoms with Gasteiger partial charge in [-0.3, -0.25) is 10.00 Å². The number of nitrogens with zero attached hydrogens (tertiary/aromatic N) is 4. The third kappa shape index (κ3) is 2.68. The molecule has 0 bridgehead atoms. The molecule has 0 fully saturated rings. The zero-order valence-electron chi connectivity index (χ0n) is 10.7. The summed E-state index contributed by atoms with van der Waals surface area (Å²) in [6.07, 6.45) is 3.06. The standard InChI is InChI=1S/C12H15N5O2/c1-3-6-19-12(18)14-11-7-10-9(2)16(8-13)4-5-17(10)15-11/h3,7,9H,1,4-6H2,2H3,(H,14,15,18). The predicted octanol–water partition coefficient (Wildman–Crippen LogP) is 1.48. The maximum atomic E-state index is 11.4. The number of carbonyl (C=O) groups is 1. The van der Waals surface area contributed by atoms with Crippen LogP contribution >= 0.6 is 0 Å². The summed E-state index contributed by atoms with van der Waals surface area (Å²) in [5.74, 6) is 0.427. The first-order valence-corrected chi connectivity index (χ1v) is 5.94. The Bertz CT molecular complexity index is 531. The van der Waals surface area contributed by atoms with Crippen LogP contribution in [0.3, 0.4) is 0 Å². The van der Waals surface area contributed by atoms with E-state index in [4.69, 9.17) is 10.00 Å². The van der Waals surface area contributed by atoms with E-state index in [0.717, 1.165) is 5.69 Å². The van der Waals surface area contributed by atoms with Gasteiger partial charge in [0.05, 0.1) is 18.3 Å². The molecule has 19 heavy (non-hydrogen) atoms. The van der Waals surface area contributed by atoms with Crippen LogP contribution in [0.4, 0.5) is 10.6 Å². The molecule has 0 saturated heterocycles. The fraction of sp³-hybridized carbons (Fsp3) is 0.417. The molecule has 1 amide bonds. The molecule has 0 aliphatic carbocycles. The van der Waals surface area contributed by atoms with Gasteiger partial charge in [-0.15, -0.1) is 0 Å². The second kappa shape index (κ2) is 5.44. The first-order chi connectivity index (χ1) is 9.15. The van der Waals surface area contributed by atoms with Crippen molar-refractivity contribution in [3.8, 4) is 6.19 Å². The summed E-state index contributed by atoms with van der Waals surface area (Å²) in [4.78, 5) is 13.1. The van der Waals surface area contributed by atoms with E-state index in [1.807, 2.05) is 6.92 Å². The molecule has 7 nitrogen and oxygen atoms in total. The molecule has 1 atom stereocenters. The molecule has 2 heterocycles. The topological polar surface area (TPSA) is 83.2 Å². The summed E-state index contributed by atoms with van der Waals surface area (Å²) in [5.41, 5.74) is 0.895. The summed E-state index contributed by atoms with van der Waals surface area (Å²) >= 11 is 0. The normalized spacial score (nSPS) is 17.3. The monoisotopic (exact) mass is 261 g/mol. The molecular formula is C12H15N5O2. The Kier molecular flexibility index (Phi) is 3.71. The van der Waals surface area contributed by atoms with Crippen molar-refractivity contribution in [2.45, 2.75) is 19.5 Å². The fourth-order valence-electron chi connectivity index (χ4n) is 1.98. The molecule has 0 aromatic carbocycles. The largest absolute Gasteiger partial charge is 0.445 e. The van der Waals surface area contributed by atoms with Gasteiger partial charge in [0.1, 0.15) is 6.61 Å². The molecule has 0 radical (unpaired) electrons.